The fraction of sp³-hybridized carbons (Fsp3) is 0.333. The highest BCUT2D eigenvalue weighted by molar-refractivity contribution is 6.11. The summed E-state index contributed by atoms with van der Waals surface area (Å²) in [6.45, 7) is 6.14. The molecule has 0 saturated carbocycles. The summed E-state index contributed by atoms with van der Waals surface area (Å²) in [4.78, 5) is 36.7. The van der Waals surface area contributed by atoms with Crippen molar-refractivity contribution in [3.8, 4) is 0 Å². The number of Topliss-reactive ketones (excluding diaryl/α,β-unsaturated/α-hetero) is 1. The Labute approximate surface area is 170 Å². The largest absolute Gasteiger partial charge is 0.300 e. The molecular formula is C24H25N3O2. The van der Waals surface area contributed by atoms with Gasteiger partial charge in [0.05, 0.1) is 6.04 Å². The summed E-state index contributed by atoms with van der Waals surface area (Å²) in [7, 11) is 0. The second-order valence-electron chi connectivity index (χ2n) is 8.12. The minimum atomic E-state index is -0.326. The minimum Gasteiger partial charge on any atom is -0.300 e. The molecule has 0 N–H and O–H groups in total. The predicted octanol–water partition coefficient (Wildman–Crippen LogP) is 5.04. The van der Waals surface area contributed by atoms with E-state index < -0.39 is 0 Å². The van der Waals surface area contributed by atoms with Crippen LogP contribution in [0, 0.1) is 12.8 Å². The number of aromatic nitrogens is 2. The van der Waals surface area contributed by atoms with Crippen LogP contribution < -0.4 is 4.90 Å². The van der Waals surface area contributed by atoms with Gasteiger partial charge in [0.2, 0.25) is 0 Å². The Morgan fingerprint density at radius 3 is 2.62 bits per heavy atom. The number of amides is 1. The van der Waals surface area contributed by atoms with Crippen molar-refractivity contribution < 1.29 is 9.59 Å². The van der Waals surface area contributed by atoms with Crippen molar-refractivity contribution in [1.82, 2.24) is 9.97 Å². The van der Waals surface area contributed by atoms with Crippen molar-refractivity contribution in [3.63, 3.8) is 0 Å². The number of ketones is 1. The molecule has 1 aliphatic rings. The van der Waals surface area contributed by atoms with E-state index in [9.17, 15) is 9.59 Å². The molecule has 5 heteroatoms. The van der Waals surface area contributed by atoms with Gasteiger partial charge in [-0.25, -0.2) is 9.97 Å². The summed E-state index contributed by atoms with van der Waals surface area (Å²) in [5, 5.41) is 0.924. The van der Waals surface area contributed by atoms with Crippen molar-refractivity contribution in [2.45, 2.75) is 46.1 Å². The second kappa shape index (κ2) is 7.74. The van der Waals surface area contributed by atoms with Crippen LogP contribution in [-0.4, -0.2) is 21.7 Å². The third-order valence-electron chi connectivity index (χ3n) is 5.43. The Hall–Kier alpha value is -3.08. The molecule has 3 heterocycles. The van der Waals surface area contributed by atoms with Crippen LogP contribution in [0.1, 0.15) is 60.8 Å². The Kier molecular flexibility index (Phi) is 5.14. The van der Waals surface area contributed by atoms with E-state index in [0.717, 1.165) is 23.1 Å². The molecule has 4 rings (SSSR count). The first-order chi connectivity index (χ1) is 13.9. The third-order valence-corrected chi connectivity index (χ3v) is 5.43. The van der Waals surface area contributed by atoms with Gasteiger partial charge in [-0.2, -0.15) is 0 Å². The number of pyridine rings is 2. The lowest BCUT2D eigenvalue weighted by molar-refractivity contribution is -0.119. The number of carbonyl (C=O) groups is 2. The van der Waals surface area contributed by atoms with Gasteiger partial charge in [-0.15, -0.1) is 0 Å². The van der Waals surface area contributed by atoms with E-state index in [1.165, 1.54) is 0 Å². The smallest absolute Gasteiger partial charge is 0.260 e. The standard InChI is InChI=1S/C24H25N3O2/c1-15(2)8-12-18(28)14-21-19-6-4-5-7-20(19)24(29)27(21)22-13-11-17-10-9-16(3)25-23(17)26-22/h4-7,9-11,13,15,21H,8,12,14H2,1-3H3. The maximum Gasteiger partial charge on any atom is 0.260 e. The molecule has 2 aromatic heterocycles. The number of fused-ring (bicyclic) bond motifs is 2. The molecule has 0 aliphatic carbocycles. The Morgan fingerprint density at radius 1 is 1.07 bits per heavy atom. The van der Waals surface area contributed by atoms with Crippen LogP contribution in [0.25, 0.3) is 11.0 Å². The summed E-state index contributed by atoms with van der Waals surface area (Å²) in [6, 6.07) is 14.9. The van der Waals surface area contributed by atoms with Gasteiger partial charge in [0.15, 0.2) is 5.65 Å². The molecule has 3 aromatic rings. The van der Waals surface area contributed by atoms with Crippen LogP contribution >= 0.6 is 0 Å². The summed E-state index contributed by atoms with van der Waals surface area (Å²) < 4.78 is 0. The first-order valence-electron chi connectivity index (χ1n) is 10.1. The van der Waals surface area contributed by atoms with Crippen molar-refractivity contribution in [2.24, 2.45) is 5.92 Å². The zero-order valence-corrected chi connectivity index (χ0v) is 17.1. The van der Waals surface area contributed by atoms with Crippen LogP contribution in [0.15, 0.2) is 48.5 Å². The summed E-state index contributed by atoms with van der Waals surface area (Å²) in [6.07, 6.45) is 1.69. The molecule has 0 bridgehead atoms. The maximum atomic E-state index is 13.2. The molecule has 0 saturated heterocycles. The van der Waals surface area contributed by atoms with Crippen molar-refractivity contribution in [3.05, 3.63) is 65.4 Å². The Balaban J connectivity index is 1.72. The number of hydrogen-bond donors (Lipinski definition) is 0. The van der Waals surface area contributed by atoms with E-state index in [1.807, 2.05) is 55.5 Å². The highest BCUT2D eigenvalue weighted by atomic mass is 16.2. The fourth-order valence-electron chi connectivity index (χ4n) is 3.84. The molecule has 0 radical (unpaired) electrons. The quantitative estimate of drug-likeness (QED) is 0.595. The van der Waals surface area contributed by atoms with Gasteiger partial charge in [0.25, 0.3) is 5.91 Å². The van der Waals surface area contributed by atoms with Gasteiger partial charge in [-0.05, 0) is 55.2 Å². The summed E-state index contributed by atoms with van der Waals surface area (Å²) >= 11 is 0. The molecular weight excluding hydrogens is 362 g/mol. The number of aryl methyl sites for hydroxylation is 1. The van der Waals surface area contributed by atoms with Gasteiger partial charge in [0.1, 0.15) is 11.6 Å². The highest BCUT2D eigenvalue weighted by Crippen LogP contribution is 2.39. The first kappa shape index (κ1) is 19.2. The normalized spacial score (nSPS) is 15.9. The SMILES string of the molecule is Cc1ccc2ccc(N3C(=O)c4ccccc4C3CC(=O)CCC(C)C)nc2n1. The lowest BCUT2D eigenvalue weighted by Crippen LogP contribution is -2.30. The lowest BCUT2D eigenvalue weighted by Gasteiger charge is -2.24. The number of benzene rings is 1. The van der Waals surface area contributed by atoms with Crippen LogP contribution in [0.3, 0.4) is 0 Å². The molecule has 1 unspecified atom stereocenters. The Bertz CT molecular complexity index is 1090. The van der Waals surface area contributed by atoms with E-state index in [0.29, 0.717) is 35.8 Å². The number of carbonyl (C=O) groups excluding carboxylic acids is 2. The first-order valence-corrected chi connectivity index (χ1v) is 10.1. The predicted molar refractivity (Wildman–Crippen MR) is 114 cm³/mol. The number of nitrogens with zero attached hydrogens (tertiary/aromatic N) is 3. The molecule has 1 atom stereocenters. The van der Waals surface area contributed by atoms with E-state index in [1.54, 1.807) is 4.90 Å². The van der Waals surface area contributed by atoms with Gasteiger partial charge < -0.3 is 0 Å². The van der Waals surface area contributed by atoms with Gasteiger partial charge >= 0.3 is 0 Å². The summed E-state index contributed by atoms with van der Waals surface area (Å²) in [5.74, 6) is 1.08. The van der Waals surface area contributed by atoms with Crippen LogP contribution in [-0.2, 0) is 4.79 Å². The Morgan fingerprint density at radius 2 is 1.83 bits per heavy atom. The molecule has 1 amide bonds. The van der Waals surface area contributed by atoms with Crippen molar-refractivity contribution >= 4 is 28.5 Å². The molecule has 1 aromatic carbocycles. The lowest BCUT2D eigenvalue weighted by atomic mass is 9.97. The fourth-order valence-corrected chi connectivity index (χ4v) is 3.84. The van der Waals surface area contributed by atoms with Crippen molar-refractivity contribution in [2.75, 3.05) is 4.90 Å². The third kappa shape index (κ3) is 3.77. The average molecular weight is 387 g/mol. The number of rotatable bonds is 6. The van der Waals surface area contributed by atoms with E-state index in [4.69, 9.17) is 0 Å². The zero-order valence-electron chi connectivity index (χ0n) is 17.1. The number of hydrogen-bond acceptors (Lipinski definition) is 4. The van der Waals surface area contributed by atoms with Gasteiger partial charge in [0, 0.05) is 29.5 Å². The summed E-state index contributed by atoms with van der Waals surface area (Å²) in [5.41, 5.74) is 3.03. The van der Waals surface area contributed by atoms with E-state index >= 15 is 0 Å². The topological polar surface area (TPSA) is 63.2 Å². The molecule has 29 heavy (non-hydrogen) atoms. The number of anilines is 1. The average Bonchev–Trinajstić information content (AvgIpc) is 2.98. The van der Waals surface area contributed by atoms with Gasteiger partial charge in [-0.3, -0.25) is 14.5 Å². The van der Waals surface area contributed by atoms with Crippen LogP contribution in [0.2, 0.25) is 0 Å². The van der Waals surface area contributed by atoms with Crippen LogP contribution in [0.4, 0.5) is 5.82 Å². The molecule has 5 nitrogen and oxygen atoms in total. The minimum absolute atomic E-state index is 0.109. The second-order valence-corrected chi connectivity index (χ2v) is 8.12. The van der Waals surface area contributed by atoms with Crippen molar-refractivity contribution in [1.29, 1.82) is 0 Å². The molecule has 0 spiro atoms. The van der Waals surface area contributed by atoms with Gasteiger partial charge in [-0.1, -0.05) is 32.0 Å². The van der Waals surface area contributed by atoms with E-state index in [2.05, 4.69) is 23.8 Å². The monoisotopic (exact) mass is 387 g/mol. The maximum absolute atomic E-state index is 13.2. The van der Waals surface area contributed by atoms with E-state index in [-0.39, 0.29) is 17.7 Å². The molecule has 0 fully saturated rings. The molecule has 1 aliphatic heterocycles. The molecule has 148 valence electrons. The highest BCUT2D eigenvalue weighted by Gasteiger charge is 2.39. The van der Waals surface area contributed by atoms with Crippen LogP contribution in [0.5, 0.6) is 0 Å². The zero-order chi connectivity index (χ0) is 20.5.